The fraction of sp³-hybridized carbons (Fsp3) is 0.143. The van der Waals surface area contributed by atoms with E-state index >= 15 is 0 Å². The predicted octanol–water partition coefficient (Wildman–Crippen LogP) is 2.85. The van der Waals surface area contributed by atoms with Crippen LogP contribution in [0.4, 0.5) is 0 Å². The van der Waals surface area contributed by atoms with Crippen molar-refractivity contribution in [2.75, 3.05) is 0 Å². The molecule has 0 atom stereocenters. The van der Waals surface area contributed by atoms with Gasteiger partial charge in [-0.25, -0.2) is 0 Å². The summed E-state index contributed by atoms with van der Waals surface area (Å²) < 4.78 is 27.6. The van der Waals surface area contributed by atoms with Gasteiger partial charge in [-0.05, 0) is 0 Å². The Morgan fingerprint density at radius 1 is 1.13 bits per heavy atom. The first-order chi connectivity index (χ1) is 6.71. The molecule has 0 aliphatic carbocycles. The molecule has 0 aromatic heterocycles. The summed E-state index contributed by atoms with van der Waals surface area (Å²) in [6, 6.07) is 6.09. The zero-order chi connectivity index (χ0) is 11.7. The zero-order valence-corrected chi connectivity index (χ0v) is 12.9. The number of aryl methyl sites for hydroxylation is 1. The van der Waals surface area contributed by atoms with Gasteiger partial charge in [0.1, 0.15) is 0 Å². The molecule has 8 heteroatoms. The SMILES string of the molecule is Cc1ccc(S(=O)(=O)O[Te](Cl)(Cl)Cl)cc1. The van der Waals surface area contributed by atoms with Crippen molar-refractivity contribution in [1.29, 1.82) is 0 Å². The van der Waals surface area contributed by atoms with E-state index < -0.39 is 25.4 Å². The minimum atomic E-state index is -4.17. The third-order valence-electron chi connectivity index (χ3n) is 1.48. The molecule has 0 saturated heterocycles. The van der Waals surface area contributed by atoms with Gasteiger partial charge in [0.25, 0.3) is 0 Å². The second-order valence-electron chi connectivity index (χ2n) is 2.70. The van der Waals surface area contributed by atoms with Gasteiger partial charge < -0.3 is 0 Å². The molecular weight excluding hydrogens is 398 g/mol. The Morgan fingerprint density at radius 2 is 1.60 bits per heavy atom. The molecule has 0 N–H and O–H groups in total. The maximum atomic E-state index is 11.5. The van der Waals surface area contributed by atoms with Crippen LogP contribution >= 0.6 is 26.9 Å². The van der Waals surface area contributed by atoms with Gasteiger partial charge in [-0.3, -0.25) is 0 Å². The fourth-order valence-corrected chi connectivity index (χ4v) is 8.10. The molecule has 0 amide bonds. The molecule has 1 aromatic rings. The van der Waals surface area contributed by atoms with Gasteiger partial charge >= 0.3 is 105 Å². The van der Waals surface area contributed by atoms with Crippen molar-refractivity contribution in [3.63, 3.8) is 0 Å². The van der Waals surface area contributed by atoms with E-state index in [4.69, 9.17) is 26.9 Å². The Balaban J connectivity index is 3.02. The van der Waals surface area contributed by atoms with Gasteiger partial charge in [-0.1, -0.05) is 0 Å². The first-order valence-electron chi connectivity index (χ1n) is 3.66. The molecule has 0 saturated carbocycles. The monoisotopic (exact) mass is 406 g/mol. The van der Waals surface area contributed by atoms with Gasteiger partial charge in [0.2, 0.25) is 0 Å². The van der Waals surface area contributed by atoms with Crippen molar-refractivity contribution in [3.8, 4) is 0 Å². The molecular formula is C7H7Cl3O3STe. The minimum absolute atomic E-state index is 0.00859. The van der Waals surface area contributed by atoms with Gasteiger partial charge in [-0.15, -0.1) is 0 Å². The summed E-state index contributed by atoms with van der Waals surface area (Å²) in [7, 11) is 12.3. The van der Waals surface area contributed by atoms with Crippen LogP contribution in [0.25, 0.3) is 0 Å². The molecule has 15 heavy (non-hydrogen) atoms. The molecule has 0 bridgehead atoms. The molecule has 1 rings (SSSR count). The van der Waals surface area contributed by atoms with Crippen LogP contribution in [0.2, 0.25) is 0 Å². The van der Waals surface area contributed by atoms with Gasteiger partial charge in [0.05, 0.1) is 0 Å². The summed E-state index contributed by atoms with van der Waals surface area (Å²) in [4.78, 5) is -0.00859. The van der Waals surface area contributed by atoms with Crippen LogP contribution in [0.3, 0.4) is 0 Å². The van der Waals surface area contributed by atoms with E-state index in [9.17, 15) is 8.42 Å². The number of halogens is 3. The summed E-state index contributed by atoms with van der Waals surface area (Å²) in [5, 5.41) is 0. The van der Waals surface area contributed by atoms with Crippen LogP contribution in [0, 0.1) is 6.92 Å². The molecule has 0 aliphatic rings. The molecule has 0 unspecified atom stereocenters. The van der Waals surface area contributed by atoms with Crippen LogP contribution in [-0.2, 0) is 12.7 Å². The van der Waals surface area contributed by atoms with E-state index in [2.05, 4.69) is 2.55 Å². The van der Waals surface area contributed by atoms with Crippen LogP contribution in [0.5, 0.6) is 0 Å². The van der Waals surface area contributed by atoms with Crippen molar-refractivity contribution in [2.45, 2.75) is 11.8 Å². The third kappa shape index (κ3) is 4.66. The number of hydrogen-bond donors (Lipinski definition) is 0. The van der Waals surface area contributed by atoms with Gasteiger partial charge in [-0.2, -0.15) is 0 Å². The van der Waals surface area contributed by atoms with Crippen LogP contribution in [0.15, 0.2) is 29.2 Å². The van der Waals surface area contributed by atoms with E-state index in [1.165, 1.54) is 12.1 Å². The van der Waals surface area contributed by atoms with Crippen molar-refractivity contribution in [2.24, 2.45) is 0 Å². The summed E-state index contributed by atoms with van der Waals surface area (Å²) in [5.74, 6) is 0. The first kappa shape index (κ1) is 13.9. The Bertz CT molecular complexity index is 438. The Labute approximate surface area is 104 Å². The second kappa shape index (κ2) is 4.97. The summed E-state index contributed by atoms with van der Waals surface area (Å²) in [6.07, 6.45) is 0. The Morgan fingerprint density at radius 3 is 2.00 bits per heavy atom. The van der Waals surface area contributed by atoms with Crippen molar-refractivity contribution in [3.05, 3.63) is 29.8 Å². The Hall–Kier alpha value is 0.790. The normalized spacial score (nSPS) is 13.9. The standard InChI is InChI=1S/C7H7Cl3O3STe/c1-6-2-4-7(5-3-6)14(11,12)13-15(8,9)10/h2-5H,1H3. The Kier molecular flexibility index (Phi) is 4.59. The summed E-state index contributed by atoms with van der Waals surface area (Å²) in [5.41, 5.74) is 0.935. The molecule has 86 valence electrons. The van der Waals surface area contributed by atoms with Gasteiger partial charge in [0, 0.05) is 0 Å². The summed E-state index contributed by atoms with van der Waals surface area (Å²) >= 11 is -4.17. The second-order valence-corrected chi connectivity index (χ2v) is 19.4. The zero-order valence-electron chi connectivity index (χ0n) is 7.48. The molecule has 0 aliphatic heterocycles. The molecule has 0 radical (unpaired) electrons. The van der Waals surface area contributed by atoms with E-state index in [0.29, 0.717) is 0 Å². The fourth-order valence-electron chi connectivity index (χ4n) is 0.846. The number of hydrogen-bond acceptors (Lipinski definition) is 3. The molecule has 3 nitrogen and oxygen atoms in total. The van der Waals surface area contributed by atoms with Crippen molar-refractivity contribution < 1.29 is 11.0 Å². The van der Waals surface area contributed by atoms with E-state index in [1.807, 2.05) is 6.92 Å². The maximum absolute atomic E-state index is 11.5. The molecule has 0 fully saturated rings. The number of rotatable bonds is 3. The quantitative estimate of drug-likeness (QED) is 0.727. The predicted molar refractivity (Wildman–Crippen MR) is 62.8 cm³/mol. The van der Waals surface area contributed by atoms with Crippen molar-refractivity contribution >= 4 is 52.2 Å². The summed E-state index contributed by atoms with van der Waals surface area (Å²) in [6.45, 7) is 1.84. The average Bonchev–Trinajstić information content (AvgIpc) is 2.00. The third-order valence-corrected chi connectivity index (χ3v) is 8.62. The first-order valence-corrected chi connectivity index (χ1v) is 14.9. The topological polar surface area (TPSA) is 43.4 Å². The van der Waals surface area contributed by atoms with E-state index in [1.54, 1.807) is 12.1 Å². The molecule has 0 spiro atoms. The molecule has 0 heterocycles. The van der Waals surface area contributed by atoms with Crippen molar-refractivity contribution in [1.82, 2.24) is 0 Å². The van der Waals surface area contributed by atoms with Crippen LogP contribution in [0.1, 0.15) is 5.56 Å². The van der Waals surface area contributed by atoms with E-state index in [-0.39, 0.29) is 4.90 Å². The number of benzene rings is 1. The van der Waals surface area contributed by atoms with Crippen LogP contribution < -0.4 is 0 Å². The van der Waals surface area contributed by atoms with E-state index in [0.717, 1.165) is 5.56 Å². The van der Waals surface area contributed by atoms with Gasteiger partial charge in [0.15, 0.2) is 0 Å². The molecule has 1 aromatic carbocycles. The average molecular weight is 405 g/mol. The van der Waals surface area contributed by atoms with Crippen LogP contribution in [-0.4, -0.2) is 23.7 Å².